The second-order valence-electron chi connectivity index (χ2n) is 5.87. The number of rotatable bonds is 5. The molecule has 1 aliphatic rings. The SMILES string of the molecule is CNS(=O)(=O)c1ccccc1N1CCN(Cc2ncccc2Cl)CC1. The first-order valence-electron chi connectivity index (χ1n) is 8.10. The largest absolute Gasteiger partial charge is 0.368 e. The number of pyridine rings is 1. The summed E-state index contributed by atoms with van der Waals surface area (Å²) in [6, 6.07) is 10.8. The summed E-state index contributed by atoms with van der Waals surface area (Å²) >= 11 is 6.18. The smallest absolute Gasteiger partial charge is 0.242 e. The van der Waals surface area contributed by atoms with Gasteiger partial charge in [0.05, 0.1) is 16.4 Å². The maximum absolute atomic E-state index is 12.2. The van der Waals surface area contributed by atoms with E-state index in [1.165, 1.54) is 7.05 Å². The van der Waals surface area contributed by atoms with Crippen molar-refractivity contribution in [3.8, 4) is 0 Å². The van der Waals surface area contributed by atoms with E-state index >= 15 is 0 Å². The van der Waals surface area contributed by atoms with Gasteiger partial charge in [0.1, 0.15) is 4.90 Å². The highest BCUT2D eigenvalue weighted by molar-refractivity contribution is 7.89. The number of hydrogen-bond acceptors (Lipinski definition) is 5. The van der Waals surface area contributed by atoms with Crippen molar-refractivity contribution in [1.82, 2.24) is 14.6 Å². The Hall–Kier alpha value is -1.67. The third-order valence-corrected chi connectivity index (χ3v) is 6.15. The van der Waals surface area contributed by atoms with E-state index in [9.17, 15) is 8.42 Å². The minimum absolute atomic E-state index is 0.318. The molecule has 0 atom stereocenters. The lowest BCUT2D eigenvalue weighted by molar-refractivity contribution is 0.247. The molecule has 0 amide bonds. The van der Waals surface area contributed by atoms with Gasteiger partial charge in [-0.25, -0.2) is 13.1 Å². The molecule has 0 saturated carbocycles. The standard InChI is InChI=1S/C17H21ClN4O2S/c1-19-25(23,24)17-7-3-2-6-16(17)22-11-9-21(10-12-22)13-15-14(18)5-4-8-20-15/h2-8,19H,9-13H2,1H3. The highest BCUT2D eigenvalue weighted by atomic mass is 35.5. The van der Waals surface area contributed by atoms with Crippen molar-refractivity contribution < 1.29 is 8.42 Å². The van der Waals surface area contributed by atoms with E-state index in [4.69, 9.17) is 11.6 Å². The average molecular weight is 381 g/mol. The zero-order valence-corrected chi connectivity index (χ0v) is 15.6. The summed E-state index contributed by atoms with van der Waals surface area (Å²) in [5.41, 5.74) is 1.61. The summed E-state index contributed by atoms with van der Waals surface area (Å²) in [6.45, 7) is 3.84. The second kappa shape index (κ2) is 7.70. The summed E-state index contributed by atoms with van der Waals surface area (Å²) in [5, 5.41) is 0.676. The Kier molecular flexibility index (Phi) is 5.58. The number of aromatic nitrogens is 1. The summed E-state index contributed by atoms with van der Waals surface area (Å²) in [7, 11) is -2.05. The Bertz CT molecular complexity index is 836. The predicted molar refractivity (Wildman–Crippen MR) is 99.4 cm³/mol. The zero-order chi connectivity index (χ0) is 17.9. The molecule has 0 spiro atoms. The van der Waals surface area contributed by atoms with E-state index < -0.39 is 10.0 Å². The van der Waals surface area contributed by atoms with E-state index in [0.29, 0.717) is 16.5 Å². The molecule has 2 aromatic rings. The van der Waals surface area contributed by atoms with Gasteiger partial charge in [-0.3, -0.25) is 9.88 Å². The van der Waals surface area contributed by atoms with Crippen LogP contribution in [0.4, 0.5) is 5.69 Å². The molecule has 0 aliphatic carbocycles. The maximum Gasteiger partial charge on any atom is 0.242 e. The van der Waals surface area contributed by atoms with Crippen LogP contribution in [0.15, 0.2) is 47.5 Å². The molecule has 1 aliphatic heterocycles. The molecule has 0 radical (unpaired) electrons. The first-order chi connectivity index (χ1) is 12.0. The molecule has 1 fully saturated rings. The minimum atomic E-state index is -3.48. The number of piperazine rings is 1. The van der Waals surface area contributed by atoms with Crippen molar-refractivity contribution in [2.45, 2.75) is 11.4 Å². The lowest BCUT2D eigenvalue weighted by Gasteiger charge is -2.36. The fourth-order valence-electron chi connectivity index (χ4n) is 2.95. The summed E-state index contributed by atoms with van der Waals surface area (Å²) in [4.78, 5) is 9.04. The molecular weight excluding hydrogens is 360 g/mol. The van der Waals surface area contributed by atoms with E-state index in [1.54, 1.807) is 18.3 Å². The molecule has 0 bridgehead atoms. The van der Waals surface area contributed by atoms with Crippen molar-refractivity contribution >= 4 is 27.3 Å². The van der Waals surface area contributed by atoms with Gasteiger partial charge in [-0.2, -0.15) is 0 Å². The van der Waals surface area contributed by atoms with Gasteiger partial charge in [-0.1, -0.05) is 23.7 Å². The van der Waals surface area contributed by atoms with E-state index in [2.05, 4.69) is 19.5 Å². The normalized spacial score (nSPS) is 16.2. The maximum atomic E-state index is 12.2. The lowest BCUT2D eigenvalue weighted by atomic mass is 10.2. The van der Waals surface area contributed by atoms with Crippen LogP contribution >= 0.6 is 11.6 Å². The third kappa shape index (κ3) is 4.12. The molecule has 134 valence electrons. The molecule has 1 aromatic heterocycles. The Labute approximate surface area is 153 Å². The van der Waals surface area contributed by atoms with E-state index in [1.807, 2.05) is 24.3 Å². The van der Waals surface area contributed by atoms with Crippen LogP contribution in [-0.4, -0.2) is 51.5 Å². The molecule has 1 aromatic carbocycles. The van der Waals surface area contributed by atoms with Crippen LogP contribution in [0.3, 0.4) is 0 Å². The van der Waals surface area contributed by atoms with Crippen LogP contribution in [-0.2, 0) is 16.6 Å². The highest BCUT2D eigenvalue weighted by Gasteiger charge is 2.24. The Balaban J connectivity index is 1.70. The molecule has 1 saturated heterocycles. The topological polar surface area (TPSA) is 65.5 Å². The van der Waals surface area contributed by atoms with Crippen LogP contribution in [0.2, 0.25) is 5.02 Å². The number of para-hydroxylation sites is 1. The van der Waals surface area contributed by atoms with Gasteiger partial charge >= 0.3 is 0 Å². The number of anilines is 1. The number of halogens is 1. The minimum Gasteiger partial charge on any atom is -0.368 e. The van der Waals surface area contributed by atoms with Gasteiger partial charge in [0.2, 0.25) is 10.0 Å². The van der Waals surface area contributed by atoms with Crippen molar-refractivity contribution in [2.75, 3.05) is 38.1 Å². The molecule has 2 heterocycles. The first-order valence-corrected chi connectivity index (χ1v) is 9.96. The predicted octanol–water partition coefficient (Wildman–Crippen LogP) is 1.97. The van der Waals surface area contributed by atoms with Crippen molar-refractivity contribution in [3.63, 3.8) is 0 Å². The van der Waals surface area contributed by atoms with Crippen LogP contribution in [0.5, 0.6) is 0 Å². The average Bonchev–Trinajstić information content (AvgIpc) is 2.64. The number of benzene rings is 1. The fourth-order valence-corrected chi connectivity index (χ4v) is 4.08. The van der Waals surface area contributed by atoms with Crippen LogP contribution < -0.4 is 9.62 Å². The molecule has 0 unspecified atom stereocenters. The van der Waals surface area contributed by atoms with Gasteiger partial charge < -0.3 is 4.90 Å². The summed E-state index contributed by atoms with van der Waals surface area (Å²) in [5.74, 6) is 0. The Morgan fingerprint density at radius 1 is 1.12 bits per heavy atom. The van der Waals surface area contributed by atoms with Crippen LogP contribution in [0.25, 0.3) is 0 Å². The highest BCUT2D eigenvalue weighted by Crippen LogP contribution is 2.26. The van der Waals surface area contributed by atoms with Crippen molar-refractivity contribution in [3.05, 3.63) is 53.3 Å². The van der Waals surface area contributed by atoms with Crippen LogP contribution in [0, 0.1) is 0 Å². The van der Waals surface area contributed by atoms with Gasteiger partial charge in [0.25, 0.3) is 0 Å². The molecule has 6 nitrogen and oxygen atoms in total. The Morgan fingerprint density at radius 3 is 2.52 bits per heavy atom. The van der Waals surface area contributed by atoms with Gasteiger partial charge in [-0.15, -0.1) is 0 Å². The second-order valence-corrected chi connectivity index (χ2v) is 8.13. The van der Waals surface area contributed by atoms with Gasteiger partial charge in [-0.05, 0) is 31.3 Å². The monoisotopic (exact) mass is 380 g/mol. The zero-order valence-electron chi connectivity index (χ0n) is 14.0. The van der Waals surface area contributed by atoms with Gasteiger partial charge in [0, 0.05) is 38.9 Å². The number of hydrogen-bond donors (Lipinski definition) is 1. The number of nitrogens with one attached hydrogen (secondary N) is 1. The molecule has 8 heteroatoms. The Morgan fingerprint density at radius 2 is 1.84 bits per heavy atom. The molecular formula is C17H21ClN4O2S. The van der Waals surface area contributed by atoms with Crippen molar-refractivity contribution in [1.29, 1.82) is 0 Å². The van der Waals surface area contributed by atoms with Gasteiger partial charge in [0.15, 0.2) is 0 Å². The third-order valence-electron chi connectivity index (χ3n) is 4.34. The molecule has 1 N–H and O–H groups in total. The first kappa shape index (κ1) is 18.1. The molecule has 3 rings (SSSR count). The quantitative estimate of drug-likeness (QED) is 0.859. The van der Waals surface area contributed by atoms with Crippen molar-refractivity contribution in [2.24, 2.45) is 0 Å². The summed E-state index contributed by atoms with van der Waals surface area (Å²) < 4.78 is 26.9. The van der Waals surface area contributed by atoms with E-state index in [0.717, 1.165) is 37.6 Å². The van der Waals surface area contributed by atoms with E-state index in [-0.39, 0.29) is 0 Å². The fraction of sp³-hybridized carbons (Fsp3) is 0.353. The number of sulfonamides is 1. The molecule has 25 heavy (non-hydrogen) atoms. The lowest BCUT2D eigenvalue weighted by Crippen LogP contribution is -2.46. The number of nitrogens with zero attached hydrogens (tertiary/aromatic N) is 3. The summed E-state index contributed by atoms with van der Waals surface area (Å²) in [6.07, 6.45) is 1.75. The van der Waals surface area contributed by atoms with Crippen LogP contribution in [0.1, 0.15) is 5.69 Å².